The Morgan fingerprint density at radius 2 is 1.41 bits per heavy atom. The molecule has 1 saturated heterocycles. The zero-order chi connectivity index (χ0) is 19.0. The molecule has 3 aromatic rings. The number of fused-ring (bicyclic) bond motifs is 3. The van der Waals surface area contributed by atoms with Gasteiger partial charge in [0, 0.05) is 54.5 Å². The lowest BCUT2D eigenvalue weighted by molar-refractivity contribution is 0.0823. The molecule has 0 bridgehead atoms. The number of aliphatic hydroxyl groups is 1. The fourth-order valence-electron chi connectivity index (χ4n) is 3.93. The minimum absolute atomic E-state index is 0.362. The Hall–Kier alpha value is -1.97. The average Bonchev–Trinajstić information content (AvgIpc) is 2.96. The van der Waals surface area contributed by atoms with E-state index in [0.29, 0.717) is 39.3 Å². The van der Waals surface area contributed by atoms with Crippen LogP contribution in [-0.2, 0) is 16.8 Å². The maximum absolute atomic E-state index is 11.4. The number of hydrogen-bond donors (Lipinski definition) is 2. The van der Waals surface area contributed by atoms with Gasteiger partial charge in [0.2, 0.25) is 0 Å². The lowest BCUT2D eigenvalue weighted by Gasteiger charge is -2.34. The molecule has 8 heteroatoms. The molecule has 1 aliphatic rings. The van der Waals surface area contributed by atoms with Crippen LogP contribution in [0.1, 0.15) is 0 Å². The molecule has 4 rings (SSSR count). The monoisotopic (exact) mass is 388 g/mol. The zero-order valence-electron chi connectivity index (χ0n) is 15.0. The molecule has 1 atom stereocenters. The van der Waals surface area contributed by atoms with Gasteiger partial charge in [-0.05, 0) is 12.1 Å². The third-order valence-corrected chi connectivity index (χ3v) is 6.32. The van der Waals surface area contributed by atoms with E-state index < -0.39 is 16.3 Å². The Kier molecular flexibility index (Phi) is 4.92. The molecule has 2 aromatic carbocycles. The second-order valence-corrected chi connectivity index (χ2v) is 8.59. The first kappa shape index (κ1) is 18.4. The van der Waals surface area contributed by atoms with Crippen LogP contribution in [0.25, 0.3) is 21.8 Å². The Morgan fingerprint density at radius 1 is 0.889 bits per heavy atom. The van der Waals surface area contributed by atoms with Gasteiger partial charge in [-0.2, -0.15) is 12.7 Å². The highest BCUT2D eigenvalue weighted by Crippen LogP contribution is 2.28. The van der Waals surface area contributed by atoms with Gasteiger partial charge in [0.15, 0.2) is 0 Å². The normalized spacial score (nSPS) is 18.3. The smallest absolute Gasteiger partial charge is 0.276 e. The van der Waals surface area contributed by atoms with Crippen molar-refractivity contribution in [3.63, 3.8) is 0 Å². The molecule has 144 valence electrons. The van der Waals surface area contributed by atoms with E-state index in [0.717, 1.165) is 11.0 Å². The number of benzene rings is 2. The topological polar surface area (TPSA) is 91.8 Å². The van der Waals surface area contributed by atoms with Crippen LogP contribution in [0.5, 0.6) is 0 Å². The highest BCUT2D eigenvalue weighted by molar-refractivity contribution is 7.86. The van der Waals surface area contributed by atoms with Crippen molar-refractivity contribution in [2.75, 3.05) is 32.7 Å². The SMILES string of the molecule is NS(=O)(=O)N1CCN(CC(O)Cn2c3ccccc3c3ccccc32)CC1. The molecular weight excluding hydrogens is 364 g/mol. The minimum atomic E-state index is -3.63. The van der Waals surface area contributed by atoms with Crippen LogP contribution >= 0.6 is 0 Å². The summed E-state index contributed by atoms with van der Waals surface area (Å²) in [5.74, 6) is 0. The second-order valence-electron chi connectivity index (χ2n) is 7.04. The molecule has 0 aliphatic carbocycles. The van der Waals surface area contributed by atoms with Crippen molar-refractivity contribution < 1.29 is 13.5 Å². The average molecular weight is 388 g/mol. The van der Waals surface area contributed by atoms with Gasteiger partial charge >= 0.3 is 0 Å². The van der Waals surface area contributed by atoms with Crippen molar-refractivity contribution in [2.45, 2.75) is 12.6 Å². The van der Waals surface area contributed by atoms with E-state index in [4.69, 9.17) is 5.14 Å². The van der Waals surface area contributed by atoms with E-state index >= 15 is 0 Å². The standard InChI is InChI=1S/C19H24N4O3S/c20-27(25,26)22-11-9-21(10-12-22)13-15(24)14-23-18-7-3-1-5-16(18)17-6-2-4-8-19(17)23/h1-8,15,24H,9-14H2,(H2,20,25,26). The summed E-state index contributed by atoms with van der Waals surface area (Å²) in [7, 11) is -3.63. The van der Waals surface area contributed by atoms with E-state index in [9.17, 15) is 13.5 Å². The van der Waals surface area contributed by atoms with Crippen LogP contribution in [0.3, 0.4) is 0 Å². The van der Waals surface area contributed by atoms with Crippen molar-refractivity contribution >= 4 is 32.0 Å². The summed E-state index contributed by atoms with van der Waals surface area (Å²) in [6, 6.07) is 16.4. The molecule has 0 saturated carbocycles. The predicted molar refractivity (Wildman–Crippen MR) is 107 cm³/mol. The van der Waals surface area contributed by atoms with Crippen LogP contribution in [0, 0.1) is 0 Å². The van der Waals surface area contributed by atoms with Crippen LogP contribution in [0.4, 0.5) is 0 Å². The van der Waals surface area contributed by atoms with Crippen LogP contribution in [-0.4, -0.2) is 66.1 Å². The van der Waals surface area contributed by atoms with Crippen molar-refractivity contribution in [1.82, 2.24) is 13.8 Å². The van der Waals surface area contributed by atoms with E-state index in [1.165, 1.54) is 15.1 Å². The van der Waals surface area contributed by atoms with E-state index in [1.54, 1.807) is 0 Å². The van der Waals surface area contributed by atoms with Gasteiger partial charge < -0.3 is 9.67 Å². The quantitative estimate of drug-likeness (QED) is 0.681. The fraction of sp³-hybridized carbons (Fsp3) is 0.368. The summed E-state index contributed by atoms with van der Waals surface area (Å²) >= 11 is 0. The number of aliphatic hydroxyl groups excluding tert-OH is 1. The first-order valence-electron chi connectivity index (χ1n) is 9.08. The lowest BCUT2D eigenvalue weighted by atomic mass is 10.2. The Balaban J connectivity index is 1.50. The summed E-state index contributed by atoms with van der Waals surface area (Å²) in [5, 5.41) is 18.2. The van der Waals surface area contributed by atoms with Crippen LogP contribution < -0.4 is 5.14 Å². The van der Waals surface area contributed by atoms with Crippen molar-refractivity contribution in [1.29, 1.82) is 0 Å². The Bertz CT molecular complexity index is 1000. The summed E-state index contributed by atoms with van der Waals surface area (Å²) in [4.78, 5) is 2.08. The first-order chi connectivity index (χ1) is 12.9. The third-order valence-electron chi connectivity index (χ3n) is 5.23. The molecule has 0 spiro atoms. The number of aromatic nitrogens is 1. The van der Waals surface area contributed by atoms with Gasteiger partial charge in [0.1, 0.15) is 0 Å². The molecule has 3 N–H and O–H groups in total. The number of nitrogens with zero attached hydrogens (tertiary/aromatic N) is 3. The number of rotatable bonds is 5. The molecule has 0 amide bonds. The molecule has 0 radical (unpaired) electrons. The van der Waals surface area contributed by atoms with E-state index in [1.807, 2.05) is 24.3 Å². The molecule has 27 heavy (non-hydrogen) atoms. The molecule has 1 unspecified atom stereocenters. The second kappa shape index (κ2) is 7.21. The van der Waals surface area contributed by atoms with E-state index in [-0.39, 0.29) is 0 Å². The maximum atomic E-state index is 11.4. The minimum Gasteiger partial charge on any atom is -0.390 e. The summed E-state index contributed by atoms with van der Waals surface area (Å²) in [6.07, 6.45) is -0.551. The zero-order valence-corrected chi connectivity index (χ0v) is 15.8. The highest BCUT2D eigenvalue weighted by atomic mass is 32.2. The largest absolute Gasteiger partial charge is 0.390 e. The van der Waals surface area contributed by atoms with Gasteiger partial charge in [0.05, 0.1) is 12.6 Å². The highest BCUT2D eigenvalue weighted by Gasteiger charge is 2.25. The van der Waals surface area contributed by atoms with Gasteiger partial charge in [-0.15, -0.1) is 0 Å². The summed E-state index contributed by atoms with van der Waals surface area (Å²) < 4.78 is 26.3. The van der Waals surface area contributed by atoms with E-state index in [2.05, 4.69) is 33.7 Å². The Morgan fingerprint density at radius 3 is 1.93 bits per heavy atom. The lowest BCUT2D eigenvalue weighted by Crippen LogP contribution is -2.52. The van der Waals surface area contributed by atoms with Crippen LogP contribution in [0.2, 0.25) is 0 Å². The molecule has 7 nitrogen and oxygen atoms in total. The van der Waals surface area contributed by atoms with Crippen molar-refractivity contribution in [3.8, 4) is 0 Å². The maximum Gasteiger partial charge on any atom is 0.276 e. The third kappa shape index (κ3) is 3.71. The van der Waals surface area contributed by atoms with Gasteiger partial charge in [-0.25, -0.2) is 5.14 Å². The van der Waals surface area contributed by atoms with Crippen molar-refractivity contribution in [3.05, 3.63) is 48.5 Å². The molecule has 1 aromatic heterocycles. The molecule has 2 heterocycles. The number of hydrogen-bond acceptors (Lipinski definition) is 4. The number of piperazine rings is 1. The Labute approximate surface area is 158 Å². The van der Waals surface area contributed by atoms with Gasteiger partial charge in [-0.3, -0.25) is 4.90 Å². The van der Waals surface area contributed by atoms with Crippen LogP contribution in [0.15, 0.2) is 48.5 Å². The first-order valence-corrected chi connectivity index (χ1v) is 10.6. The predicted octanol–water partition coefficient (Wildman–Crippen LogP) is 0.977. The number of para-hydroxylation sites is 2. The fourth-order valence-corrected chi connectivity index (χ4v) is 4.61. The van der Waals surface area contributed by atoms with Gasteiger partial charge in [0.25, 0.3) is 10.2 Å². The molecular formula is C19H24N4O3S. The molecule has 1 fully saturated rings. The number of β-amino-alcohol motifs (C(OH)–C–C–N with tert-alkyl or cyclic N) is 1. The summed E-state index contributed by atoms with van der Waals surface area (Å²) in [5.41, 5.74) is 2.22. The molecule has 1 aliphatic heterocycles. The number of nitrogens with two attached hydrogens (primary N) is 1. The summed E-state index contributed by atoms with van der Waals surface area (Å²) in [6.45, 7) is 2.85. The van der Waals surface area contributed by atoms with Crippen molar-refractivity contribution in [2.24, 2.45) is 5.14 Å². The van der Waals surface area contributed by atoms with Gasteiger partial charge in [-0.1, -0.05) is 36.4 Å².